The number of carbonyl (C=O) groups excluding carboxylic acids is 1. The summed E-state index contributed by atoms with van der Waals surface area (Å²) in [5.41, 5.74) is 0.301. The quantitative estimate of drug-likeness (QED) is 0.786. The second kappa shape index (κ2) is 5.93. The number of aromatic nitrogens is 2. The second-order valence-corrected chi connectivity index (χ2v) is 4.12. The molecule has 6 nitrogen and oxygen atoms in total. The van der Waals surface area contributed by atoms with E-state index in [4.69, 9.17) is 5.11 Å². The molecule has 92 valence electrons. The predicted molar refractivity (Wildman–Crippen MR) is 60.4 cm³/mol. The third kappa shape index (κ3) is 4.18. The van der Waals surface area contributed by atoms with Gasteiger partial charge < -0.3 is 10.4 Å². The summed E-state index contributed by atoms with van der Waals surface area (Å²) in [4.78, 5) is 22.7. The highest BCUT2D eigenvalue weighted by Gasteiger charge is 2.21. The lowest BCUT2D eigenvalue weighted by Crippen LogP contribution is -2.41. The van der Waals surface area contributed by atoms with Crippen LogP contribution in [0.25, 0.3) is 0 Å². The first-order chi connectivity index (χ1) is 8.00. The molecule has 1 atom stereocenters. The van der Waals surface area contributed by atoms with Gasteiger partial charge in [0.15, 0.2) is 0 Å². The molecule has 0 bridgehead atoms. The van der Waals surface area contributed by atoms with Crippen molar-refractivity contribution in [3.63, 3.8) is 0 Å². The molecule has 1 aromatic heterocycles. The Hall–Kier alpha value is -1.98. The first kappa shape index (κ1) is 13.1. The molecule has 0 fully saturated rings. The summed E-state index contributed by atoms with van der Waals surface area (Å²) < 4.78 is 0. The Morgan fingerprint density at radius 2 is 2.12 bits per heavy atom. The molecule has 1 amide bonds. The van der Waals surface area contributed by atoms with Gasteiger partial charge in [0.1, 0.15) is 6.04 Å². The number of hydrogen-bond acceptors (Lipinski definition) is 4. The summed E-state index contributed by atoms with van der Waals surface area (Å²) in [6.07, 6.45) is 3.07. The third-order valence-electron chi connectivity index (χ3n) is 2.16. The first-order valence-electron chi connectivity index (χ1n) is 5.31. The van der Waals surface area contributed by atoms with Gasteiger partial charge in [0.25, 0.3) is 5.91 Å². The molecule has 0 aliphatic heterocycles. The fraction of sp³-hybridized carbons (Fsp3) is 0.455. The van der Waals surface area contributed by atoms with Crippen molar-refractivity contribution in [1.82, 2.24) is 15.5 Å². The minimum atomic E-state index is -1.03. The van der Waals surface area contributed by atoms with Crippen molar-refractivity contribution < 1.29 is 14.7 Å². The average molecular weight is 237 g/mol. The molecule has 0 saturated carbocycles. The number of aliphatic carboxylic acids is 1. The number of carboxylic acids is 1. The monoisotopic (exact) mass is 237 g/mol. The van der Waals surface area contributed by atoms with E-state index in [2.05, 4.69) is 15.5 Å². The summed E-state index contributed by atoms with van der Waals surface area (Å²) in [5, 5.41) is 18.5. The molecule has 6 heteroatoms. The summed E-state index contributed by atoms with van der Waals surface area (Å²) in [5.74, 6) is -1.30. The van der Waals surface area contributed by atoms with Crippen molar-refractivity contribution in [1.29, 1.82) is 0 Å². The van der Waals surface area contributed by atoms with E-state index in [-0.39, 0.29) is 5.92 Å². The van der Waals surface area contributed by atoms with Crippen LogP contribution < -0.4 is 5.32 Å². The fourth-order valence-electron chi connectivity index (χ4n) is 1.36. The van der Waals surface area contributed by atoms with Crippen LogP contribution in [-0.4, -0.2) is 33.2 Å². The molecule has 1 heterocycles. The molecule has 1 rings (SSSR count). The largest absolute Gasteiger partial charge is 0.480 e. The van der Waals surface area contributed by atoms with Crippen molar-refractivity contribution in [3.05, 3.63) is 24.0 Å². The molecular formula is C11H15N3O3. The van der Waals surface area contributed by atoms with Crippen LogP contribution in [0.3, 0.4) is 0 Å². The molecule has 1 aromatic rings. The zero-order valence-electron chi connectivity index (χ0n) is 9.75. The molecular weight excluding hydrogens is 222 g/mol. The minimum Gasteiger partial charge on any atom is -0.480 e. The van der Waals surface area contributed by atoms with E-state index in [1.54, 1.807) is 0 Å². The van der Waals surface area contributed by atoms with Gasteiger partial charge in [-0.15, -0.1) is 0 Å². The molecule has 0 saturated heterocycles. The lowest BCUT2D eigenvalue weighted by atomic mass is 10.0. The number of amides is 1. The van der Waals surface area contributed by atoms with Crippen molar-refractivity contribution in [3.8, 4) is 0 Å². The van der Waals surface area contributed by atoms with E-state index >= 15 is 0 Å². The van der Waals surface area contributed by atoms with Gasteiger partial charge in [-0.25, -0.2) is 4.79 Å². The van der Waals surface area contributed by atoms with Gasteiger partial charge in [-0.05, 0) is 18.4 Å². The number of carboxylic acid groups (broad SMARTS) is 1. The van der Waals surface area contributed by atoms with E-state index in [9.17, 15) is 9.59 Å². The van der Waals surface area contributed by atoms with E-state index < -0.39 is 17.9 Å². The van der Waals surface area contributed by atoms with Crippen LogP contribution in [0.5, 0.6) is 0 Å². The van der Waals surface area contributed by atoms with Crippen LogP contribution in [0.1, 0.15) is 30.6 Å². The maximum absolute atomic E-state index is 11.7. The highest BCUT2D eigenvalue weighted by atomic mass is 16.4. The Morgan fingerprint density at radius 3 is 2.59 bits per heavy atom. The number of nitrogens with zero attached hydrogens (tertiary/aromatic N) is 2. The topological polar surface area (TPSA) is 92.2 Å². The number of carbonyl (C=O) groups is 2. The summed E-state index contributed by atoms with van der Waals surface area (Å²) in [6.45, 7) is 3.80. The van der Waals surface area contributed by atoms with Crippen LogP contribution in [0, 0.1) is 5.92 Å². The Labute approximate surface area is 99.1 Å². The van der Waals surface area contributed by atoms with Crippen LogP contribution in [0.4, 0.5) is 0 Å². The summed E-state index contributed by atoms with van der Waals surface area (Å²) in [6, 6.07) is 0.604. The van der Waals surface area contributed by atoms with Crippen molar-refractivity contribution in [2.45, 2.75) is 26.3 Å². The van der Waals surface area contributed by atoms with Crippen molar-refractivity contribution >= 4 is 11.9 Å². The number of hydrogen-bond donors (Lipinski definition) is 2. The Kier molecular flexibility index (Phi) is 4.56. The van der Waals surface area contributed by atoms with Gasteiger partial charge in [-0.3, -0.25) is 4.79 Å². The van der Waals surface area contributed by atoms with Crippen molar-refractivity contribution in [2.24, 2.45) is 5.92 Å². The van der Waals surface area contributed by atoms with Gasteiger partial charge in [0.2, 0.25) is 0 Å². The fourth-order valence-corrected chi connectivity index (χ4v) is 1.36. The third-order valence-corrected chi connectivity index (χ3v) is 2.16. The molecule has 0 unspecified atom stereocenters. The molecule has 0 aliphatic rings. The molecule has 0 aromatic carbocycles. The summed E-state index contributed by atoms with van der Waals surface area (Å²) >= 11 is 0. The van der Waals surface area contributed by atoms with E-state index in [0.29, 0.717) is 12.0 Å². The molecule has 2 N–H and O–H groups in total. The zero-order valence-corrected chi connectivity index (χ0v) is 9.75. The van der Waals surface area contributed by atoms with Crippen LogP contribution in [0.15, 0.2) is 18.5 Å². The van der Waals surface area contributed by atoms with Crippen LogP contribution >= 0.6 is 0 Å². The predicted octanol–water partition coefficient (Wildman–Crippen LogP) is 0.706. The van der Waals surface area contributed by atoms with Gasteiger partial charge in [-0.1, -0.05) is 13.8 Å². The van der Waals surface area contributed by atoms with Crippen LogP contribution in [-0.2, 0) is 4.79 Å². The minimum absolute atomic E-state index is 0.187. The average Bonchev–Trinajstić information content (AvgIpc) is 2.28. The number of rotatable bonds is 5. The van der Waals surface area contributed by atoms with Crippen molar-refractivity contribution in [2.75, 3.05) is 0 Å². The second-order valence-electron chi connectivity index (χ2n) is 4.12. The van der Waals surface area contributed by atoms with Gasteiger partial charge in [0.05, 0.1) is 18.0 Å². The standard InChI is InChI=1S/C11H15N3O3/c1-7(2)5-9(11(16)17)14-10(15)8-3-4-12-13-6-8/h3-4,6-7,9H,5H2,1-2H3,(H,14,15)(H,16,17)/t9-/m1/s1. The number of nitrogens with one attached hydrogen (secondary N) is 1. The van der Waals surface area contributed by atoms with Gasteiger partial charge >= 0.3 is 5.97 Å². The first-order valence-corrected chi connectivity index (χ1v) is 5.31. The smallest absolute Gasteiger partial charge is 0.326 e. The SMILES string of the molecule is CC(C)C[C@@H](NC(=O)c1ccnnc1)C(=O)O. The molecule has 0 aliphatic carbocycles. The lowest BCUT2D eigenvalue weighted by molar-refractivity contribution is -0.139. The zero-order chi connectivity index (χ0) is 12.8. The molecule has 17 heavy (non-hydrogen) atoms. The molecule has 0 radical (unpaired) electrons. The van der Waals surface area contributed by atoms with Gasteiger partial charge in [-0.2, -0.15) is 10.2 Å². The Bertz CT molecular complexity index is 392. The maximum atomic E-state index is 11.7. The normalized spacial score (nSPS) is 12.2. The highest BCUT2D eigenvalue weighted by Crippen LogP contribution is 2.06. The van der Waals surface area contributed by atoms with Crippen LogP contribution in [0.2, 0.25) is 0 Å². The lowest BCUT2D eigenvalue weighted by Gasteiger charge is -2.16. The van der Waals surface area contributed by atoms with E-state index in [0.717, 1.165) is 0 Å². The maximum Gasteiger partial charge on any atom is 0.326 e. The van der Waals surface area contributed by atoms with E-state index in [1.165, 1.54) is 18.5 Å². The van der Waals surface area contributed by atoms with Gasteiger partial charge in [0, 0.05) is 0 Å². The Balaban J connectivity index is 2.68. The molecule has 0 spiro atoms. The summed E-state index contributed by atoms with van der Waals surface area (Å²) in [7, 11) is 0. The highest BCUT2D eigenvalue weighted by molar-refractivity contribution is 5.96. The van der Waals surface area contributed by atoms with E-state index in [1.807, 2.05) is 13.8 Å². The Morgan fingerprint density at radius 1 is 1.41 bits per heavy atom.